The van der Waals surface area contributed by atoms with Gasteiger partial charge in [0.15, 0.2) is 5.82 Å². The maximum absolute atomic E-state index is 13.9. The SMILES string of the molecule is CCN1CC(Nc2cc(C)nc3c(F)cc(F)cc23)CC1=O. The summed E-state index contributed by atoms with van der Waals surface area (Å²) in [5.74, 6) is -1.23. The molecule has 1 aliphatic heterocycles. The van der Waals surface area contributed by atoms with E-state index in [1.807, 2.05) is 6.92 Å². The van der Waals surface area contributed by atoms with Crippen LogP contribution in [0.15, 0.2) is 18.2 Å². The fourth-order valence-electron chi connectivity index (χ4n) is 2.89. The predicted octanol–water partition coefficient (Wildman–Crippen LogP) is 2.85. The summed E-state index contributed by atoms with van der Waals surface area (Å²) < 4.78 is 27.4. The van der Waals surface area contributed by atoms with Gasteiger partial charge in [-0.1, -0.05) is 0 Å². The summed E-state index contributed by atoms with van der Waals surface area (Å²) in [5, 5.41) is 3.63. The number of carbonyl (C=O) groups excluding carboxylic acids is 1. The summed E-state index contributed by atoms with van der Waals surface area (Å²) >= 11 is 0. The van der Waals surface area contributed by atoms with Crippen molar-refractivity contribution in [3.63, 3.8) is 0 Å². The maximum Gasteiger partial charge on any atom is 0.224 e. The molecule has 4 nitrogen and oxygen atoms in total. The number of likely N-dealkylation sites (tertiary alicyclic amines) is 1. The van der Waals surface area contributed by atoms with E-state index in [-0.39, 0.29) is 17.5 Å². The number of aromatic nitrogens is 1. The second kappa shape index (κ2) is 5.51. The van der Waals surface area contributed by atoms with Crippen molar-refractivity contribution in [2.45, 2.75) is 26.3 Å². The molecule has 1 saturated heterocycles. The van der Waals surface area contributed by atoms with Crippen molar-refractivity contribution >= 4 is 22.5 Å². The minimum Gasteiger partial charge on any atom is -0.379 e. The molecule has 1 amide bonds. The molecule has 1 aliphatic rings. The van der Waals surface area contributed by atoms with Crippen LogP contribution in [0.5, 0.6) is 0 Å². The normalized spacial score (nSPS) is 18.3. The Morgan fingerprint density at radius 2 is 2.14 bits per heavy atom. The molecule has 0 aliphatic carbocycles. The summed E-state index contributed by atoms with van der Waals surface area (Å²) in [6.45, 7) is 4.94. The quantitative estimate of drug-likeness (QED) is 0.948. The standard InChI is InChI=1S/C16H17F2N3O/c1-3-21-8-11(7-15(21)22)20-14-4-9(2)19-16-12(14)5-10(17)6-13(16)18/h4-6,11H,3,7-8H2,1-2H3,(H,19,20). The summed E-state index contributed by atoms with van der Waals surface area (Å²) in [4.78, 5) is 17.7. The first-order valence-electron chi connectivity index (χ1n) is 7.28. The number of nitrogens with one attached hydrogen (secondary N) is 1. The highest BCUT2D eigenvalue weighted by atomic mass is 19.1. The van der Waals surface area contributed by atoms with Crippen LogP contribution < -0.4 is 5.32 Å². The van der Waals surface area contributed by atoms with E-state index in [0.29, 0.717) is 36.3 Å². The maximum atomic E-state index is 13.9. The lowest BCUT2D eigenvalue weighted by molar-refractivity contribution is -0.127. The van der Waals surface area contributed by atoms with E-state index in [4.69, 9.17) is 0 Å². The van der Waals surface area contributed by atoms with Gasteiger partial charge in [-0.3, -0.25) is 4.79 Å². The minimum absolute atomic E-state index is 0.0659. The van der Waals surface area contributed by atoms with Gasteiger partial charge in [0.25, 0.3) is 0 Å². The zero-order chi connectivity index (χ0) is 15.9. The fourth-order valence-corrected chi connectivity index (χ4v) is 2.89. The van der Waals surface area contributed by atoms with E-state index in [9.17, 15) is 13.6 Å². The Hall–Kier alpha value is -2.24. The van der Waals surface area contributed by atoms with Gasteiger partial charge in [-0.15, -0.1) is 0 Å². The topological polar surface area (TPSA) is 45.2 Å². The largest absolute Gasteiger partial charge is 0.379 e. The van der Waals surface area contributed by atoms with Crippen molar-refractivity contribution in [2.24, 2.45) is 0 Å². The van der Waals surface area contributed by atoms with E-state index in [0.717, 1.165) is 6.07 Å². The van der Waals surface area contributed by atoms with Crippen molar-refractivity contribution in [3.05, 3.63) is 35.5 Å². The number of hydrogen-bond donors (Lipinski definition) is 1. The second-order valence-electron chi connectivity index (χ2n) is 5.57. The van der Waals surface area contributed by atoms with Crippen LogP contribution in [0.3, 0.4) is 0 Å². The van der Waals surface area contributed by atoms with Crippen LogP contribution in [0, 0.1) is 18.6 Å². The Kier molecular flexibility index (Phi) is 3.68. The van der Waals surface area contributed by atoms with Crippen molar-refractivity contribution in [2.75, 3.05) is 18.4 Å². The monoisotopic (exact) mass is 305 g/mol. The molecular formula is C16H17F2N3O. The molecular weight excluding hydrogens is 288 g/mol. The number of hydrogen-bond acceptors (Lipinski definition) is 3. The fraction of sp³-hybridized carbons (Fsp3) is 0.375. The molecule has 6 heteroatoms. The number of benzene rings is 1. The van der Waals surface area contributed by atoms with E-state index in [2.05, 4.69) is 10.3 Å². The number of pyridine rings is 1. The number of nitrogens with zero attached hydrogens (tertiary/aromatic N) is 2. The molecule has 1 fully saturated rings. The van der Waals surface area contributed by atoms with Crippen LogP contribution in [0.25, 0.3) is 10.9 Å². The van der Waals surface area contributed by atoms with Crippen LogP contribution in [0.4, 0.5) is 14.5 Å². The average Bonchev–Trinajstić information content (AvgIpc) is 2.80. The molecule has 1 unspecified atom stereocenters. The summed E-state index contributed by atoms with van der Waals surface area (Å²) in [6, 6.07) is 3.78. The zero-order valence-corrected chi connectivity index (χ0v) is 12.5. The van der Waals surface area contributed by atoms with Crippen molar-refractivity contribution < 1.29 is 13.6 Å². The molecule has 1 aromatic carbocycles. The van der Waals surface area contributed by atoms with Crippen LogP contribution in [0.1, 0.15) is 19.0 Å². The van der Waals surface area contributed by atoms with Gasteiger partial charge in [-0.25, -0.2) is 13.8 Å². The Balaban J connectivity index is 1.99. The third kappa shape index (κ3) is 2.61. The van der Waals surface area contributed by atoms with Crippen LogP contribution >= 0.6 is 0 Å². The second-order valence-corrected chi connectivity index (χ2v) is 5.57. The molecule has 2 aromatic rings. The number of fused-ring (bicyclic) bond motifs is 1. The number of halogens is 2. The predicted molar refractivity (Wildman–Crippen MR) is 80.7 cm³/mol. The smallest absolute Gasteiger partial charge is 0.224 e. The van der Waals surface area contributed by atoms with Gasteiger partial charge in [0, 0.05) is 42.3 Å². The molecule has 0 radical (unpaired) electrons. The highest BCUT2D eigenvalue weighted by Crippen LogP contribution is 2.28. The van der Waals surface area contributed by atoms with Crippen molar-refractivity contribution in [3.8, 4) is 0 Å². The number of likely N-dealkylation sites (N-methyl/N-ethyl adjacent to an activating group) is 1. The van der Waals surface area contributed by atoms with Gasteiger partial charge in [0.05, 0.1) is 6.04 Å². The summed E-state index contributed by atoms with van der Waals surface area (Å²) in [6.07, 6.45) is 0.383. The van der Waals surface area contributed by atoms with Crippen LogP contribution in [-0.4, -0.2) is 34.9 Å². The lowest BCUT2D eigenvalue weighted by atomic mass is 10.1. The Morgan fingerprint density at radius 3 is 2.82 bits per heavy atom. The first-order chi connectivity index (χ1) is 10.5. The van der Waals surface area contributed by atoms with Gasteiger partial charge in [0.2, 0.25) is 5.91 Å². The highest BCUT2D eigenvalue weighted by molar-refractivity contribution is 5.92. The molecule has 1 N–H and O–H groups in total. The van der Waals surface area contributed by atoms with Gasteiger partial charge in [0.1, 0.15) is 11.3 Å². The van der Waals surface area contributed by atoms with Crippen LogP contribution in [0.2, 0.25) is 0 Å². The molecule has 22 heavy (non-hydrogen) atoms. The van der Waals surface area contributed by atoms with E-state index in [1.54, 1.807) is 17.9 Å². The molecule has 1 aromatic heterocycles. The molecule has 116 valence electrons. The highest BCUT2D eigenvalue weighted by Gasteiger charge is 2.28. The number of rotatable bonds is 3. The summed E-state index contributed by atoms with van der Waals surface area (Å²) in [7, 11) is 0. The molecule has 1 atom stereocenters. The number of carbonyl (C=O) groups is 1. The van der Waals surface area contributed by atoms with Crippen LogP contribution in [-0.2, 0) is 4.79 Å². The molecule has 0 saturated carbocycles. The van der Waals surface area contributed by atoms with Gasteiger partial charge in [-0.05, 0) is 26.0 Å². The Bertz CT molecular complexity index is 748. The third-order valence-corrected chi connectivity index (χ3v) is 3.92. The number of aryl methyl sites for hydroxylation is 1. The molecule has 3 rings (SSSR count). The Morgan fingerprint density at radius 1 is 1.36 bits per heavy atom. The zero-order valence-electron chi connectivity index (χ0n) is 12.5. The average molecular weight is 305 g/mol. The molecule has 2 heterocycles. The Labute approximate surface area is 127 Å². The number of anilines is 1. The van der Waals surface area contributed by atoms with E-state index < -0.39 is 11.6 Å². The lowest BCUT2D eigenvalue weighted by Gasteiger charge is -2.17. The first-order valence-corrected chi connectivity index (χ1v) is 7.28. The van der Waals surface area contributed by atoms with Gasteiger partial charge >= 0.3 is 0 Å². The van der Waals surface area contributed by atoms with Gasteiger partial charge in [-0.2, -0.15) is 0 Å². The van der Waals surface area contributed by atoms with E-state index >= 15 is 0 Å². The summed E-state index contributed by atoms with van der Waals surface area (Å²) in [5.41, 5.74) is 1.38. The van der Waals surface area contributed by atoms with Crippen molar-refractivity contribution in [1.29, 1.82) is 0 Å². The minimum atomic E-state index is -0.681. The lowest BCUT2D eigenvalue weighted by Crippen LogP contribution is -2.27. The van der Waals surface area contributed by atoms with Gasteiger partial charge < -0.3 is 10.2 Å². The molecule has 0 bridgehead atoms. The number of amides is 1. The first kappa shape index (κ1) is 14.7. The van der Waals surface area contributed by atoms with Crippen molar-refractivity contribution in [1.82, 2.24) is 9.88 Å². The van der Waals surface area contributed by atoms with E-state index in [1.165, 1.54) is 6.07 Å². The molecule has 0 spiro atoms. The third-order valence-electron chi connectivity index (χ3n) is 3.92.